The van der Waals surface area contributed by atoms with Gasteiger partial charge < -0.3 is 15.2 Å². The van der Waals surface area contributed by atoms with Crippen molar-refractivity contribution < 1.29 is 18.0 Å². The lowest BCUT2D eigenvalue weighted by Gasteiger charge is -2.25. The van der Waals surface area contributed by atoms with Gasteiger partial charge in [-0.1, -0.05) is 12.1 Å². The Kier molecular flexibility index (Phi) is 4.02. The number of halogens is 3. The van der Waals surface area contributed by atoms with Crippen LogP contribution in [0.2, 0.25) is 0 Å². The monoisotopic (exact) mass is 323 g/mol. The van der Waals surface area contributed by atoms with Crippen molar-refractivity contribution in [2.45, 2.75) is 25.1 Å². The Morgan fingerprint density at radius 3 is 2.70 bits per heavy atom. The van der Waals surface area contributed by atoms with Crippen LogP contribution < -0.4 is 5.32 Å². The molecule has 1 atom stereocenters. The number of rotatable bonds is 2. The fourth-order valence-electron chi connectivity index (χ4n) is 2.91. The maximum absolute atomic E-state index is 13.0. The van der Waals surface area contributed by atoms with Crippen LogP contribution in [0.1, 0.15) is 30.1 Å². The van der Waals surface area contributed by atoms with Crippen molar-refractivity contribution in [3.05, 3.63) is 53.9 Å². The number of para-hydroxylation sites is 1. The van der Waals surface area contributed by atoms with E-state index in [1.807, 2.05) is 12.1 Å². The topological polar surface area (TPSA) is 48.1 Å². The molecule has 4 nitrogen and oxygen atoms in total. The van der Waals surface area contributed by atoms with E-state index in [1.54, 1.807) is 11.1 Å². The third kappa shape index (κ3) is 3.18. The highest BCUT2D eigenvalue weighted by atomic mass is 19.4. The molecule has 1 aromatic heterocycles. The van der Waals surface area contributed by atoms with Crippen LogP contribution in [0, 0.1) is 0 Å². The number of hydrogen-bond acceptors (Lipinski definition) is 1. The summed E-state index contributed by atoms with van der Waals surface area (Å²) in [5, 5.41) is 2.40. The number of aromatic amines is 1. The van der Waals surface area contributed by atoms with Crippen molar-refractivity contribution in [2.24, 2.45) is 0 Å². The first-order valence-corrected chi connectivity index (χ1v) is 7.34. The van der Waals surface area contributed by atoms with Crippen LogP contribution in [0.5, 0.6) is 0 Å². The Hall–Kier alpha value is -2.44. The quantitative estimate of drug-likeness (QED) is 0.845. The van der Waals surface area contributed by atoms with Crippen molar-refractivity contribution >= 4 is 11.7 Å². The van der Waals surface area contributed by atoms with Gasteiger partial charge in [-0.25, -0.2) is 4.79 Å². The predicted molar refractivity (Wildman–Crippen MR) is 79.9 cm³/mol. The van der Waals surface area contributed by atoms with E-state index >= 15 is 0 Å². The number of likely N-dealkylation sites (tertiary alicyclic amines) is 1. The van der Waals surface area contributed by atoms with Crippen LogP contribution >= 0.6 is 0 Å². The summed E-state index contributed by atoms with van der Waals surface area (Å²) in [7, 11) is 0. The average Bonchev–Trinajstić information content (AvgIpc) is 3.17. The second-order valence-electron chi connectivity index (χ2n) is 5.45. The maximum atomic E-state index is 13.0. The third-order valence-electron chi connectivity index (χ3n) is 3.97. The zero-order valence-electron chi connectivity index (χ0n) is 12.2. The van der Waals surface area contributed by atoms with Gasteiger partial charge in [0.2, 0.25) is 0 Å². The van der Waals surface area contributed by atoms with Crippen LogP contribution in [-0.2, 0) is 6.18 Å². The third-order valence-corrected chi connectivity index (χ3v) is 3.97. The highest BCUT2D eigenvalue weighted by Gasteiger charge is 2.35. The molecular weight excluding hydrogens is 307 g/mol. The van der Waals surface area contributed by atoms with E-state index in [1.165, 1.54) is 18.2 Å². The van der Waals surface area contributed by atoms with Crippen LogP contribution in [-0.4, -0.2) is 22.5 Å². The van der Waals surface area contributed by atoms with Crippen LogP contribution in [0.3, 0.4) is 0 Å². The molecule has 122 valence electrons. The molecule has 0 spiro atoms. The number of aromatic nitrogens is 1. The van der Waals surface area contributed by atoms with Crippen molar-refractivity contribution in [3.8, 4) is 0 Å². The Balaban J connectivity index is 1.80. The first-order valence-electron chi connectivity index (χ1n) is 7.34. The minimum atomic E-state index is -4.51. The molecule has 1 saturated heterocycles. The number of alkyl halides is 3. The maximum Gasteiger partial charge on any atom is 0.418 e. The number of hydrogen-bond donors (Lipinski definition) is 2. The molecule has 2 heterocycles. The number of anilines is 1. The summed E-state index contributed by atoms with van der Waals surface area (Å²) in [6.07, 6.45) is -1.14. The molecule has 2 N–H and O–H groups in total. The molecule has 2 aromatic rings. The Labute approximate surface area is 131 Å². The van der Waals surface area contributed by atoms with Gasteiger partial charge in [-0.2, -0.15) is 13.2 Å². The van der Waals surface area contributed by atoms with Crippen molar-refractivity contribution in [2.75, 3.05) is 11.9 Å². The fourth-order valence-corrected chi connectivity index (χ4v) is 2.91. The Morgan fingerprint density at radius 2 is 2.00 bits per heavy atom. The highest BCUT2D eigenvalue weighted by Crippen LogP contribution is 2.36. The summed E-state index contributed by atoms with van der Waals surface area (Å²) in [5.74, 6) is 0. The van der Waals surface area contributed by atoms with Gasteiger partial charge in [0, 0.05) is 18.4 Å². The van der Waals surface area contributed by atoms with Gasteiger partial charge in [0.15, 0.2) is 0 Å². The van der Waals surface area contributed by atoms with Crippen molar-refractivity contribution in [1.82, 2.24) is 9.88 Å². The second-order valence-corrected chi connectivity index (χ2v) is 5.45. The number of nitrogens with zero attached hydrogens (tertiary/aromatic N) is 1. The number of benzene rings is 1. The van der Waals surface area contributed by atoms with E-state index in [0.717, 1.165) is 24.6 Å². The van der Waals surface area contributed by atoms with Crippen molar-refractivity contribution in [1.29, 1.82) is 0 Å². The molecular formula is C16H16F3N3O. The number of urea groups is 1. The molecule has 3 rings (SSSR count). The van der Waals surface area contributed by atoms with Gasteiger partial charge in [0.25, 0.3) is 0 Å². The van der Waals surface area contributed by atoms with E-state index in [0.29, 0.717) is 6.54 Å². The Bertz CT molecular complexity index is 682. The largest absolute Gasteiger partial charge is 0.418 e. The normalized spacial score (nSPS) is 18.2. The van der Waals surface area contributed by atoms with E-state index in [9.17, 15) is 18.0 Å². The molecule has 0 bridgehead atoms. The molecule has 1 aliphatic heterocycles. The van der Waals surface area contributed by atoms with Crippen LogP contribution in [0.4, 0.5) is 23.7 Å². The van der Waals surface area contributed by atoms with Gasteiger partial charge in [-0.3, -0.25) is 0 Å². The fraction of sp³-hybridized carbons (Fsp3) is 0.312. The average molecular weight is 323 g/mol. The number of nitrogens with one attached hydrogen (secondary N) is 2. The van der Waals surface area contributed by atoms with E-state index in [-0.39, 0.29) is 11.7 Å². The lowest BCUT2D eigenvalue weighted by molar-refractivity contribution is -0.136. The van der Waals surface area contributed by atoms with E-state index in [4.69, 9.17) is 0 Å². The summed E-state index contributed by atoms with van der Waals surface area (Å²) in [6, 6.07) is 8.06. The number of carbonyl (C=O) groups is 1. The molecule has 1 fully saturated rings. The van der Waals surface area contributed by atoms with Crippen LogP contribution in [0.15, 0.2) is 42.6 Å². The standard InChI is InChI=1S/C16H16F3N3O/c17-16(18,19)11-5-1-2-6-12(11)21-15(23)22-10-4-8-14(22)13-7-3-9-20-13/h1-3,5-7,9,14,20H,4,8,10H2,(H,21,23)/t14-/m1/s1. The minimum absolute atomic E-state index is 0.136. The number of amides is 2. The van der Waals surface area contributed by atoms with E-state index < -0.39 is 17.8 Å². The molecule has 7 heteroatoms. The summed E-state index contributed by atoms with van der Waals surface area (Å²) in [6.45, 7) is 0.518. The molecule has 0 unspecified atom stereocenters. The molecule has 1 aromatic carbocycles. The lowest BCUT2D eigenvalue weighted by Crippen LogP contribution is -2.35. The van der Waals surface area contributed by atoms with Gasteiger partial charge in [-0.05, 0) is 37.1 Å². The molecule has 23 heavy (non-hydrogen) atoms. The molecule has 0 aliphatic carbocycles. The summed E-state index contributed by atoms with van der Waals surface area (Å²) < 4.78 is 39.0. The number of H-pyrrole nitrogens is 1. The summed E-state index contributed by atoms with van der Waals surface area (Å²) >= 11 is 0. The van der Waals surface area contributed by atoms with Gasteiger partial charge in [-0.15, -0.1) is 0 Å². The smallest absolute Gasteiger partial charge is 0.363 e. The zero-order chi connectivity index (χ0) is 16.4. The molecule has 0 saturated carbocycles. The van der Waals surface area contributed by atoms with Gasteiger partial charge in [0.05, 0.1) is 17.3 Å². The summed E-state index contributed by atoms with van der Waals surface area (Å²) in [4.78, 5) is 17.1. The zero-order valence-corrected chi connectivity index (χ0v) is 12.2. The predicted octanol–water partition coefficient (Wildman–Crippen LogP) is 4.40. The SMILES string of the molecule is O=C(Nc1ccccc1C(F)(F)F)N1CCC[C@@H]1c1ccc[nH]1. The molecule has 2 amide bonds. The molecule has 0 radical (unpaired) electrons. The van der Waals surface area contributed by atoms with Crippen molar-refractivity contribution in [3.63, 3.8) is 0 Å². The summed E-state index contributed by atoms with van der Waals surface area (Å²) in [5.41, 5.74) is -0.173. The lowest BCUT2D eigenvalue weighted by atomic mass is 10.1. The first kappa shape index (κ1) is 15.5. The Morgan fingerprint density at radius 1 is 1.22 bits per heavy atom. The van der Waals surface area contributed by atoms with E-state index in [2.05, 4.69) is 10.3 Å². The second kappa shape index (κ2) is 5.98. The first-order chi connectivity index (χ1) is 11.0. The van der Waals surface area contributed by atoms with Gasteiger partial charge in [0.1, 0.15) is 0 Å². The highest BCUT2D eigenvalue weighted by molar-refractivity contribution is 5.90. The van der Waals surface area contributed by atoms with Gasteiger partial charge >= 0.3 is 12.2 Å². The molecule has 1 aliphatic rings. The number of carbonyl (C=O) groups excluding carboxylic acids is 1. The minimum Gasteiger partial charge on any atom is -0.363 e. The van der Waals surface area contributed by atoms with Crippen LogP contribution in [0.25, 0.3) is 0 Å².